The van der Waals surface area contributed by atoms with Crippen LogP contribution in [0.5, 0.6) is 0 Å². The maximum absolute atomic E-state index is 8.54. The number of hydrogen-bond donors (Lipinski definition) is 2. The fourth-order valence-electron chi connectivity index (χ4n) is 1.04. The molecule has 0 aliphatic heterocycles. The normalized spacial score (nSPS) is 10.3. The number of rotatable bonds is 5. The standard InChI is InChI=1S/C10H14ClNO/c11-10-4-2-9(3-5-10)8-12-6-1-7-13/h2-5,12-13H,1,6-8H2. The molecule has 2 nitrogen and oxygen atoms in total. The number of halogens is 1. The minimum Gasteiger partial charge on any atom is -0.396 e. The molecule has 0 atom stereocenters. The van der Waals surface area contributed by atoms with E-state index >= 15 is 0 Å². The second kappa shape index (κ2) is 5.97. The first kappa shape index (κ1) is 10.5. The minimum atomic E-state index is 0.244. The van der Waals surface area contributed by atoms with Crippen LogP contribution in [0.15, 0.2) is 24.3 Å². The van der Waals surface area contributed by atoms with Gasteiger partial charge in [-0.25, -0.2) is 0 Å². The lowest BCUT2D eigenvalue weighted by molar-refractivity contribution is 0.286. The molecule has 13 heavy (non-hydrogen) atoms. The number of nitrogens with one attached hydrogen (secondary N) is 1. The van der Waals surface area contributed by atoms with Crippen molar-refractivity contribution < 1.29 is 5.11 Å². The summed E-state index contributed by atoms with van der Waals surface area (Å²) in [6.45, 7) is 1.92. The van der Waals surface area contributed by atoms with Gasteiger partial charge in [-0.05, 0) is 30.7 Å². The molecule has 0 aliphatic carbocycles. The van der Waals surface area contributed by atoms with Gasteiger partial charge in [-0.1, -0.05) is 23.7 Å². The Morgan fingerprint density at radius 2 is 1.92 bits per heavy atom. The maximum Gasteiger partial charge on any atom is 0.0443 e. The van der Waals surface area contributed by atoms with Gasteiger partial charge >= 0.3 is 0 Å². The van der Waals surface area contributed by atoms with E-state index in [0.29, 0.717) is 0 Å². The zero-order chi connectivity index (χ0) is 9.52. The molecule has 0 heterocycles. The Labute approximate surface area is 83.5 Å². The quantitative estimate of drug-likeness (QED) is 0.709. The highest BCUT2D eigenvalue weighted by molar-refractivity contribution is 6.30. The molecule has 72 valence electrons. The van der Waals surface area contributed by atoms with Crippen LogP contribution in [0.2, 0.25) is 5.02 Å². The Bertz CT molecular complexity index is 235. The second-order valence-corrected chi connectivity index (χ2v) is 3.32. The van der Waals surface area contributed by atoms with Crippen LogP contribution in [-0.2, 0) is 6.54 Å². The first-order chi connectivity index (χ1) is 6.33. The van der Waals surface area contributed by atoms with Gasteiger partial charge in [-0.2, -0.15) is 0 Å². The zero-order valence-electron chi connectivity index (χ0n) is 7.46. The topological polar surface area (TPSA) is 32.3 Å². The van der Waals surface area contributed by atoms with Gasteiger partial charge in [0, 0.05) is 18.2 Å². The van der Waals surface area contributed by atoms with Crippen molar-refractivity contribution in [2.45, 2.75) is 13.0 Å². The Hall–Kier alpha value is -0.570. The van der Waals surface area contributed by atoms with Crippen LogP contribution in [0.3, 0.4) is 0 Å². The predicted molar refractivity (Wildman–Crippen MR) is 54.9 cm³/mol. The molecule has 3 heteroatoms. The highest BCUT2D eigenvalue weighted by Gasteiger charge is 1.91. The lowest BCUT2D eigenvalue weighted by Gasteiger charge is -2.03. The fraction of sp³-hybridized carbons (Fsp3) is 0.400. The van der Waals surface area contributed by atoms with Crippen molar-refractivity contribution in [3.8, 4) is 0 Å². The van der Waals surface area contributed by atoms with Crippen molar-refractivity contribution in [2.75, 3.05) is 13.2 Å². The van der Waals surface area contributed by atoms with Gasteiger partial charge in [0.25, 0.3) is 0 Å². The fourth-order valence-corrected chi connectivity index (χ4v) is 1.17. The van der Waals surface area contributed by atoms with E-state index in [1.807, 2.05) is 24.3 Å². The van der Waals surface area contributed by atoms with Crippen LogP contribution < -0.4 is 5.32 Å². The van der Waals surface area contributed by atoms with Crippen molar-refractivity contribution >= 4 is 11.6 Å². The number of hydrogen-bond acceptors (Lipinski definition) is 2. The van der Waals surface area contributed by atoms with Crippen molar-refractivity contribution in [3.63, 3.8) is 0 Å². The van der Waals surface area contributed by atoms with Crippen LogP contribution in [0.1, 0.15) is 12.0 Å². The van der Waals surface area contributed by atoms with E-state index in [2.05, 4.69) is 5.32 Å². The largest absolute Gasteiger partial charge is 0.396 e. The summed E-state index contributed by atoms with van der Waals surface area (Å²) < 4.78 is 0. The summed E-state index contributed by atoms with van der Waals surface area (Å²) in [7, 11) is 0. The molecule has 1 aromatic rings. The molecule has 0 aromatic heterocycles. The van der Waals surface area contributed by atoms with E-state index in [-0.39, 0.29) is 6.61 Å². The number of benzene rings is 1. The molecule has 0 spiro atoms. The van der Waals surface area contributed by atoms with Gasteiger partial charge in [0.15, 0.2) is 0 Å². The van der Waals surface area contributed by atoms with E-state index < -0.39 is 0 Å². The maximum atomic E-state index is 8.54. The number of aliphatic hydroxyl groups excluding tert-OH is 1. The summed E-state index contributed by atoms with van der Waals surface area (Å²) in [6, 6.07) is 7.75. The summed E-state index contributed by atoms with van der Waals surface area (Å²) in [5.74, 6) is 0. The lowest BCUT2D eigenvalue weighted by Crippen LogP contribution is -2.15. The second-order valence-electron chi connectivity index (χ2n) is 2.88. The van der Waals surface area contributed by atoms with Gasteiger partial charge in [0.05, 0.1) is 0 Å². The van der Waals surface area contributed by atoms with Gasteiger partial charge in [0.1, 0.15) is 0 Å². The Kier molecular flexibility index (Phi) is 4.83. The van der Waals surface area contributed by atoms with Crippen LogP contribution in [0.4, 0.5) is 0 Å². The van der Waals surface area contributed by atoms with Crippen LogP contribution in [-0.4, -0.2) is 18.3 Å². The highest BCUT2D eigenvalue weighted by Crippen LogP contribution is 2.08. The summed E-state index contributed by atoms with van der Waals surface area (Å²) in [4.78, 5) is 0. The SMILES string of the molecule is OCCCNCc1ccc(Cl)cc1. The van der Waals surface area contributed by atoms with Crippen LogP contribution in [0, 0.1) is 0 Å². The van der Waals surface area contributed by atoms with E-state index in [4.69, 9.17) is 16.7 Å². The van der Waals surface area contributed by atoms with Gasteiger partial charge < -0.3 is 10.4 Å². The molecule has 2 N–H and O–H groups in total. The van der Waals surface area contributed by atoms with Crippen LogP contribution >= 0.6 is 11.6 Å². The molecule has 0 saturated carbocycles. The zero-order valence-corrected chi connectivity index (χ0v) is 8.22. The van der Waals surface area contributed by atoms with Crippen molar-refractivity contribution in [2.24, 2.45) is 0 Å². The summed E-state index contributed by atoms with van der Waals surface area (Å²) in [5.41, 5.74) is 1.21. The van der Waals surface area contributed by atoms with Crippen molar-refractivity contribution in [3.05, 3.63) is 34.9 Å². The third kappa shape index (κ3) is 4.27. The molecule has 0 aliphatic rings. The molecule has 0 fully saturated rings. The summed E-state index contributed by atoms with van der Waals surface area (Å²) in [6.07, 6.45) is 0.799. The monoisotopic (exact) mass is 199 g/mol. The molecular formula is C10H14ClNO. The average Bonchev–Trinajstić information content (AvgIpc) is 2.15. The van der Waals surface area contributed by atoms with E-state index in [9.17, 15) is 0 Å². The average molecular weight is 200 g/mol. The van der Waals surface area contributed by atoms with Crippen molar-refractivity contribution in [1.82, 2.24) is 5.32 Å². The first-order valence-corrected chi connectivity index (χ1v) is 4.77. The third-order valence-electron chi connectivity index (χ3n) is 1.75. The minimum absolute atomic E-state index is 0.244. The first-order valence-electron chi connectivity index (χ1n) is 4.39. The molecule has 0 amide bonds. The Morgan fingerprint density at radius 3 is 2.54 bits per heavy atom. The van der Waals surface area contributed by atoms with Gasteiger partial charge in [0.2, 0.25) is 0 Å². The summed E-state index contributed by atoms with van der Waals surface area (Å²) >= 11 is 5.74. The lowest BCUT2D eigenvalue weighted by atomic mass is 10.2. The molecule has 0 saturated heterocycles. The van der Waals surface area contributed by atoms with Crippen molar-refractivity contribution in [1.29, 1.82) is 0 Å². The van der Waals surface area contributed by atoms with Gasteiger partial charge in [-0.15, -0.1) is 0 Å². The smallest absolute Gasteiger partial charge is 0.0443 e. The van der Waals surface area contributed by atoms with Gasteiger partial charge in [-0.3, -0.25) is 0 Å². The molecule has 0 bridgehead atoms. The highest BCUT2D eigenvalue weighted by atomic mass is 35.5. The molecule has 0 radical (unpaired) electrons. The van der Waals surface area contributed by atoms with E-state index in [0.717, 1.165) is 24.5 Å². The molecule has 1 rings (SSSR count). The molecule has 0 unspecified atom stereocenters. The Balaban J connectivity index is 2.25. The summed E-state index contributed by atoms with van der Waals surface area (Å²) in [5, 5.41) is 12.5. The molecule has 1 aromatic carbocycles. The Morgan fingerprint density at radius 1 is 1.23 bits per heavy atom. The van der Waals surface area contributed by atoms with Crippen LogP contribution in [0.25, 0.3) is 0 Å². The van der Waals surface area contributed by atoms with E-state index in [1.165, 1.54) is 5.56 Å². The number of aliphatic hydroxyl groups is 1. The molecular weight excluding hydrogens is 186 g/mol. The third-order valence-corrected chi connectivity index (χ3v) is 2.01. The predicted octanol–water partition coefficient (Wildman–Crippen LogP) is 1.81. The van der Waals surface area contributed by atoms with E-state index in [1.54, 1.807) is 0 Å².